The highest BCUT2D eigenvalue weighted by atomic mass is 35.5. The van der Waals surface area contributed by atoms with Crippen LogP contribution in [0.5, 0.6) is 11.8 Å². The molecule has 0 fully saturated rings. The second-order valence-electron chi connectivity index (χ2n) is 12.7. The number of hydrogen-bond acceptors (Lipinski definition) is 10. The highest BCUT2D eigenvalue weighted by Gasteiger charge is 2.30. The first-order valence-corrected chi connectivity index (χ1v) is 16.6. The zero-order chi connectivity index (χ0) is 38.2. The Labute approximate surface area is 306 Å². The molecule has 6 bridgehead atoms. The minimum absolute atomic E-state index is 0.0554. The zero-order valence-corrected chi connectivity index (χ0v) is 29.3. The van der Waals surface area contributed by atoms with Crippen LogP contribution in [0.3, 0.4) is 0 Å². The number of amides is 3. The van der Waals surface area contributed by atoms with Crippen LogP contribution in [0.25, 0.3) is 0 Å². The minimum Gasteiger partial charge on any atom is -0.494 e. The van der Waals surface area contributed by atoms with Crippen LogP contribution in [0, 0.1) is 11.2 Å². The molecule has 53 heavy (non-hydrogen) atoms. The van der Waals surface area contributed by atoms with Crippen molar-refractivity contribution in [1.29, 1.82) is 0 Å². The van der Waals surface area contributed by atoms with E-state index in [1.165, 1.54) is 41.4 Å². The number of ether oxygens (including phenoxy) is 2. The van der Waals surface area contributed by atoms with Crippen LogP contribution in [0.1, 0.15) is 36.2 Å². The summed E-state index contributed by atoms with van der Waals surface area (Å²) in [6.45, 7) is 2.72. The van der Waals surface area contributed by atoms with Crippen molar-refractivity contribution in [2.24, 2.45) is 5.41 Å². The SMILES string of the molecule is CC1(C)CNC(=O)c2ccc(nc2)Nc2cc(nc(OCC(F)(F)F)n2)NCc2ccc(cc2)OCCCN(C(=O)C(=O)Nc2ccc(Cl)c(F)c2)C1. The van der Waals surface area contributed by atoms with E-state index >= 15 is 0 Å². The Balaban J connectivity index is 1.35. The van der Waals surface area contributed by atoms with Gasteiger partial charge in [-0.1, -0.05) is 37.6 Å². The number of pyridine rings is 1. The smallest absolute Gasteiger partial charge is 0.422 e. The molecule has 6 heterocycles. The lowest BCUT2D eigenvalue weighted by molar-refractivity contribution is -0.154. The predicted octanol–water partition coefficient (Wildman–Crippen LogP) is 5.97. The van der Waals surface area contributed by atoms with Gasteiger partial charge in [-0.05, 0) is 59.9 Å². The third-order valence-electron chi connectivity index (χ3n) is 7.60. The van der Waals surface area contributed by atoms with E-state index < -0.39 is 47.7 Å². The molecule has 0 aliphatic carbocycles. The molecule has 0 saturated heterocycles. The van der Waals surface area contributed by atoms with Gasteiger partial charge in [-0.25, -0.2) is 9.37 Å². The summed E-state index contributed by atoms with van der Waals surface area (Å²) in [4.78, 5) is 53.2. The average Bonchev–Trinajstić information content (AvgIpc) is 3.11. The normalized spacial score (nSPS) is 15.2. The molecule has 2 aromatic heterocycles. The second-order valence-corrected chi connectivity index (χ2v) is 13.1. The van der Waals surface area contributed by atoms with Gasteiger partial charge in [-0.2, -0.15) is 23.1 Å². The van der Waals surface area contributed by atoms with Gasteiger partial charge in [-0.3, -0.25) is 14.4 Å². The highest BCUT2D eigenvalue weighted by Crippen LogP contribution is 2.24. The molecule has 0 radical (unpaired) electrons. The summed E-state index contributed by atoms with van der Waals surface area (Å²) in [7, 11) is 0. The van der Waals surface area contributed by atoms with Crippen molar-refractivity contribution < 1.29 is 41.4 Å². The molecule has 0 unspecified atom stereocenters. The Morgan fingerprint density at radius 1 is 1.02 bits per heavy atom. The molecule has 0 atom stereocenters. The van der Waals surface area contributed by atoms with Crippen LogP contribution < -0.4 is 30.7 Å². The predicted molar refractivity (Wildman–Crippen MR) is 188 cm³/mol. The van der Waals surface area contributed by atoms with Crippen LogP contribution in [0.2, 0.25) is 5.02 Å². The monoisotopic (exact) mass is 758 g/mol. The molecule has 0 saturated carbocycles. The molecule has 3 amide bonds. The second kappa shape index (κ2) is 16.8. The molecule has 280 valence electrons. The number of benzene rings is 2. The van der Waals surface area contributed by atoms with E-state index in [2.05, 4.69) is 36.2 Å². The van der Waals surface area contributed by atoms with Gasteiger partial charge in [0.15, 0.2) is 6.61 Å². The van der Waals surface area contributed by atoms with Crippen LogP contribution in [0.15, 0.2) is 66.9 Å². The molecular formula is C35H35ClF4N8O5. The third kappa shape index (κ3) is 11.6. The molecule has 0 spiro atoms. The van der Waals surface area contributed by atoms with Crippen molar-refractivity contribution >= 4 is 52.5 Å². The molecular weight excluding hydrogens is 724 g/mol. The molecule has 18 heteroatoms. The number of alkyl halides is 3. The van der Waals surface area contributed by atoms with Crippen LogP contribution >= 0.6 is 11.6 Å². The minimum atomic E-state index is -4.61. The van der Waals surface area contributed by atoms with Crippen molar-refractivity contribution in [1.82, 2.24) is 25.2 Å². The van der Waals surface area contributed by atoms with Gasteiger partial charge in [0.2, 0.25) is 0 Å². The van der Waals surface area contributed by atoms with Gasteiger partial charge in [-0.15, -0.1) is 0 Å². The summed E-state index contributed by atoms with van der Waals surface area (Å²) in [5.74, 6) is -2.06. The number of rotatable bonds is 3. The number of nitrogens with zero attached hydrogens (tertiary/aromatic N) is 4. The van der Waals surface area contributed by atoms with Gasteiger partial charge < -0.3 is 35.6 Å². The largest absolute Gasteiger partial charge is 0.494 e. The Morgan fingerprint density at radius 2 is 1.77 bits per heavy atom. The van der Waals surface area contributed by atoms with Crippen LogP contribution in [0.4, 0.5) is 40.7 Å². The number of nitrogens with one attached hydrogen (secondary N) is 4. The van der Waals surface area contributed by atoms with Crippen molar-refractivity contribution in [3.05, 3.63) is 88.8 Å². The van der Waals surface area contributed by atoms with Gasteiger partial charge in [0, 0.05) is 44.1 Å². The quantitative estimate of drug-likeness (QED) is 0.145. The maximum atomic E-state index is 14.0. The topological polar surface area (TPSA) is 160 Å². The number of carbonyl (C=O) groups excluding carboxylic acids is 3. The molecule has 8 rings (SSSR count). The van der Waals surface area contributed by atoms with E-state index in [-0.39, 0.29) is 66.5 Å². The molecule has 13 nitrogen and oxygen atoms in total. The summed E-state index contributed by atoms with van der Waals surface area (Å²) >= 11 is 5.74. The maximum Gasteiger partial charge on any atom is 0.422 e. The Hall–Kier alpha value is -5.71. The Kier molecular flexibility index (Phi) is 12.2. The van der Waals surface area contributed by atoms with Crippen molar-refractivity contribution in [2.45, 2.75) is 33.0 Å². The first-order valence-electron chi connectivity index (χ1n) is 16.2. The van der Waals surface area contributed by atoms with Gasteiger partial charge in [0.05, 0.1) is 17.2 Å². The molecule has 4 N–H and O–H groups in total. The first-order chi connectivity index (χ1) is 25.1. The first kappa shape index (κ1) is 38.5. The molecule has 2 aromatic carbocycles. The zero-order valence-electron chi connectivity index (χ0n) is 28.5. The van der Waals surface area contributed by atoms with E-state index in [4.69, 9.17) is 21.1 Å². The Bertz CT molecular complexity index is 1930. The lowest BCUT2D eigenvalue weighted by Gasteiger charge is -2.32. The van der Waals surface area contributed by atoms with Crippen molar-refractivity contribution in [3.8, 4) is 11.8 Å². The Morgan fingerprint density at radius 3 is 2.47 bits per heavy atom. The molecule has 4 aromatic rings. The summed E-state index contributed by atoms with van der Waals surface area (Å²) in [6.07, 6.45) is -2.97. The lowest BCUT2D eigenvalue weighted by Crippen LogP contribution is -2.48. The number of halogens is 5. The summed E-state index contributed by atoms with van der Waals surface area (Å²) < 4.78 is 63.3. The fourth-order valence-corrected chi connectivity index (χ4v) is 5.13. The standard InChI is InChI=1S/C35H35ClF4N8O5/c1-34(2)18-43-30(49)22-6-11-27(42-17-22)45-29-15-28(46-33(47-29)53-20-35(38,39)40)41-16-21-4-8-24(9-5-21)52-13-3-12-48(19-34)32(51)31(50)44-23-7-10-25(36)26(37)14-23/h4-11,14-15,17H,3,12-13,16,18-20H2,1-2H3,(H,43,49)(H,44,50)(H2,41,42,45,46,47). The number of carbonyl (C=O) groups is 3. The lowest BCUT2D eigenvalue weighted by atomic mass is 9.92. The van der Waals surface area contributed by atoms with E-state index in [9.17, 15) is 31.9 Å². The van der Waals surface area contributed by atoms with Gasteiger partial charge in [0.25, 0.3) is 5.91 Å². The van der Waals surface area contributed by atoms with E-state index in [1.807, 2.05) is 13.8 Å². The van der Waals surface area contributed by atoms with Crippen LogP contribution in [-0.2, 0) is 16.1 Å². The molecule has 4 aliphatic rings. The highest BCUT2D eigenvalue weighted by molar-refractivity contribution is 6.39. The van der Waals surface area contributed by atoms with Gasteiger partial charge in [0.1, 0.15) is 29.0 Å². The molecule has 4 aliphatic heterocycles. The van der Waals surface area contributed by atoms with Crippen molar-refractivity contribution in [2.75, 3.05) is 48.8 Å². The van der Waals surface area contributed by atoms with E-state index in [0.29, 0.717) is 12.2 Å². The summed E-state index contributed by atoms with van der Waals surface area (Å²) in [5, 5.41) is 11.0. The maximum absolute atomic E-state index is 14.0. The summed E-state index contributed by atoms with van der Waals surface area (Å²) in [6, 6.07) is 14.6. The number of aromatic nitrogens is 3. The fourth-order valence-electron chi connectivity index (χ4n) is 5.01. The number of anilines is 4. The van der Waals surface area contributed by atoms with E-state index in [1.54, 1.807) is 24.3 Å². The fraction of sp³-hybridized carbons (Fsp3) is 0.314. The van der Waals surface area contributed by atoms with Gasteiger partial charge >= 0.3 is 24.0 Å². The summed E-state index contributed by atoms with van der Waals surface area (Å²) in [5.41, 5.74) is 0.311. The van der Waals surface area contributed by atoms with Crippen LogP contribution in [-0.4, -0.2) is 76.6 Å². The average molecular weight is 759 g/mol. The van der Waals surface area contributed by atoms with E-state index in [0.717, 1.165) is 11.6 Å². The third-order valence-corrected chi connectivity index (χ3v) is 7.90. The van der Waals surface area contributed by atoms with Crippen molar-refractivity contribution in [3.63, 3.8) is 0 Å². The number of hydrogen-bond donors (Lipinski definition) is 4.